The molecule has 1 aliphatic heterocycles. The first-order chi connectivity index (χ1) is 9.76. The van der Waals surface area contributed by atoms with Crippen molar-refractivity contribution in [3.8, 4) is 0 Å². The Hall–Kier alpha value is -0.980. The van der Waals surface area contributed by atoms with E-state index >= 15 is 0 Å². The van der Waals surface area contributed by atoms with Crippen molar-refractivity contribution in [2.24, 2.45) is 0 Å². The van der Waals surface area contributed by atoms with Gasteiger partial charge in [0, 0.05) is 31.9 Å². The Morgan fingerprint density at radius 3 is 2.85 bits per heavy atom. The molecule has 114 valence electrons. The maximum Gasteiger partial charge on any atom is 0.0964 e. The Morgan fingerprint density at radius 2 is 2.15 bits per heavy atom. The van der Waals surface area contributed by atoms with Gasteiger partial charge in [0.2, 0.25) is 0 Å². The van der Waals surface area contributed by atoms with E-state index in [0.717, 1.165) is 44.5 Å². The number of aromatic nitrogens is 3. The van der Waals surface area contributed by atoms with E-state index in [-0.39, 0.29) is 0 Å². The van der Waals surface area contributed by atoms with Gasteiger partial charge in [-0.2, -0.15) is 0 Å². The normalized spacial score (nSPS) is 20.1. The summed E-state index contributed by atoms with van der Waals surface area (Å²) in [5, 5.41) is 11.4. The molecule has 6 heteroatoms. The number of nitrogens with zero attached hydrogens (tertiary/aromatic N) is 5. The summed E-state index contributed by atoms with van der Waals surface area (Å²) in [6, 6.07) is 0.737. The van der Waals surface area contributed by atoms with Crippen LogP contribution in [-0.2, 0) is 13.1 Å². The smallest absolute Gasteiger partial charge is 0.0964 e. The molecule has 0 spiro atoms. The van der Waals surface area contributed by atoms with Crippen LogP contribution in [0.25, 0.3) is 0 Å². The number of rotatable bonds is 8. The lowest BCUT2D eigenvalue weighted by Gasteiger charge is -2.26. The van der Waals surface area contributed by atoms with E-state index in [1.54, 1.807) is 0 Å². The minimum absolute atomic E-state index is 0.737. The molecule has 1 saturated heterocycles. The van der Waals surface area contributed by atoms with Crippen molar-refractivity contribution < 1.29 is 0 Å². The van der Waals surface area contributed by atoms with Gasteiger partial charge < -0.3 is 5.32 Å². The van der Waals surface area contributed by atoms with Gasteiger partial charge in [0.15, 0.2) is 0 Å². The zero-order valence-electron chi connectivity index (χ0n) is 13.0. The molecule has 2 rings (SSSR count). The SMILES string of the molecule is CCN(CC)C1CCN(CCn2cc(CNC)nn2)C1. The molecule has 2 heterocycles. The molecule has 6 nitrogen and oxygen atoms in total. The van der Waals surface area contributed by atoms with Gasteiger partial charge in [-0.1, -0.05) is 19.1 Å². The molecule has 0 saturated carbocycles. The predicted octanol–water partition coefficient (Wildman–Crippen LogP) is 0.414. The molecule has 0 radical (unpaired) electrons. The maximum absolute atomic E-state index is 4.17. The van der Waals surface area contributed by atoms with Gasteiger partial charge in [-0.25, -0.2) is 0 Å². The third kappa shape index (κ3) is 4.01. The van der Waals surface area contributed by atoms with E-state index in [1.807, 2.05) is 17.9 Å². The van der Waals surface area contributed by atoms with Crippen molar-refractivity contribution in [1.29, 1.82) is 0 Å². The highest BCUT2D eigenvalue weighted by atomic mass is 15.4. The molecule has 20 heavy (non-hydrogen) atoms. The summed E-state index contributed by atoms with van der Waals surface area (Å²) in [6.07, 6.45) is 3.33. The number of nitrogens with one attached hydrogen (secondary N) is 1. The summed E-state index contributed by atoms with van der Waals surface area (Å²) in [7, 11) is 1.93. The van der Waals surface area contributed by atoms with Crippen LogP contribution in [-0.4, -0.2) is 70.6 Å². The van der Waals surface area contributed by atoms with Crippen LogP contribution in [0.3, 0.4) is 0 Å². The molecule has 1 aliphatic rings. The summed E-state index contributed by atoms with van der Waals surface area (Å²) >= 11 is 0. The zero-order valence-corrected chi connectivity index (χ0v) is 13.0. The lowest BCUT2D eigenvalue weighted by Crippen LogP contribution is -2.37. The highest BCUT2D eigenvalue weighted by Crippen LogP contribution is 2.15. The Bertz CT molecular complexity index is 387. The van der Waals surface area contributed by atoms with Gasteiger partial charge in [0.1, 0.15) is 0 Å². The van der Waals surface area contributed by atoms with E-state index in [9.17, 15) is 0 Å². The van der Waals surface area contributed by atoms with Crippen molar-refractivity contribution in [1.82, 2.24) is 30.1 Å². The van der Waals surface area contributed by atoms with Crippen LogP contribution in [0.1, 0.15) is 26.0 Å². The van der Waals surface area contributed by atoms with E-state index in [1.165, 1.54) is 19.5 Å². The van der Waals surface area contributed by atoms with Crippen molar-refractivity contribution in [2.45, 2.75) is 39.4 Å². The first-order valence-electron chi connectivity index (χ1n) is 7.76. The highest BCUT2D eigenvalue weighted by molar-refractivity contribution is 4.91. The van der Waals surface area contributed by atoms with E-state index < -0.39 is 0 Å². The molecule has 0 bridgehead atoms. The molecule has 0 aliphatic carbocycles. The fourth-order valence-electron chi connectivity index (χ4n) is 3.01. The van der Waals surface area contributed by atoms with Gasteiger partial charge in [0.05, 0.1) is 12.2 Å². The van der Waals surface area contributed by atoms with Gasteiger partial charge >= 0.3 is 0 Å². The van der Waals surface area contributed by atoms with Gasteiger partial charge in [-0.05, 0) is 33.1 Å². The Labute approximate surface area is 122 Å². The molecular formula is C14H28N6. The molecular weight excluding hydrogens is 252 g/mol. The fraction of sp³-hybridized carbons (Fsp3) is 0.857. The van der Waals surface area contributed by atoms with Crippen molar-refractivity contribution in [3.05, 3.63) is 11.9 Å². The number of likely N-dealkylation sites (N-methyl/N-ethyl adjacent to an activating group) is 1. The number of hydrogen-bond donors (Lipinski definition) is 1. The van der Waals surface area contributed by atoms with E-state index in [4.69, 9.17) is 0 Å². The summed E-state index contributed by atoms with van der Waals surface area (Å²) < 4.78 is 1.96. The summed E-state index contributed by atoms with van der Waals surface area (Å²) in [4.78, 5) is 5.11. The van der Waals surface area contributed by atoms with Gasteiger partial charge in [0.25, 0.3) is 0 Å². The average Bonchev–Trinajstić information content (AvgIpc) is 3.08. The largest absolute Gasteiger partial charge is 0.314 e. The van der Waals surface area contributed by atoms with E-state index in [2.05, 4.69) is 39.3 Å². The topological polar surface area (TPSA) is 49.2 Å². The van der Waals surface area contributed by atoms with E-state index in [0.29, 0.717) is 0 Å². The van der Waals surface area contributed by atoms with Crippen LogP contribution in [0.5, 0.6) is 0 Å². The lowest BCUT2D eigenvalue weighted by molar-refractivity contribution is 0.208. The quantitative estimate of drug-likeness (QED) is 0.747. The fourth-order valence-corrected chi connectivity index (χ4v) is 3.01. The third-order valence-electron chi connectivity index (χ3n) is 4.17. The first-order valence-corrected chi connectivity index (χ1v) is 7.76. The number of hydrogen-bond acceptors (Lipinski definition) is 5. The molecule has 1 N–H and O–H groups in total. The molecule has 0 aromatic carbocycles. The third-order valence-corrected chi connectivity index (χ3v) is 4.17. The zero-order chi connectivity index (χ0) is 14.4. The first kappa shape index (κ1) is 15.4. The average molecular weight is 280 g/mol. The summed E-state index contributed by atoms with van der Waals surface area (Å²) in [6.45, 7) is 12.0. The van der Waals surface area contributed by atoms with Crippen molar-refractivity contribution in [3.63, 3.8) is 0 Å². The van der Waals surface area contributed by atoms with Crippen molar-refractivity contribution >= 4 is 0 Å². The molecule has 0 amide bonds. The monoisotopic (exact) mass is 280 g/mol. The Kier molecular flexibility index (Phi) is 5.94. The molecule has 1 atom stereocenters. The highest BCUT2D eigenvalue weighted by Gasteiger charge is 2.25. The van der Waals surface area contributed by atoms with Gasteiger partial charge in [-0.15, -0.1) is 5.10 Å². The van der Waals surface area contributed by atoms with Crippen LogP contribution < -0.4 is 5.32 Å². The molecule has 1 aromatic rings. The summed E-state index contributed by atoms with van der Waals surface area (Å²) in [5.41, 5.74) is 1.01. The number of likely N-dealkylation sites (tertiary alicyclic amines) is 1. The summed E-state index contributed by atoms with van der Waals surface area (Å²) in [5.74, 6) is 0. The van der Waals surface area contributed by atoms with Crippen LogP contribution in [0.15, 0.2) is 6.20 Å². The molecule has 1 unspecified atom stereocenters. The van der Waals surface area contributed by atoms with Crippen LogP contribution in [0.4, 0.5) is 0 Å². The minimum Gasteiger partial charge on any atom is -0.314 e. The second kappa shape index (κ2) is 7.71. The Balaban J connectivity index is 1.74. The predicted molar refractivity (Wildman–Crippen MR) is 80.6 cm³/mol. The van der Waals surface area contributed by atoms with Crippen LogP contribution in [0.2, 0.25) is 0 Å². The lowest BCUT2D eigenvalue weighted by atomic mass is 10.2. The van der Waals surface area contributed by atoms with Crippen molar-refractivity contribution in [2.75, 3.05) is 39.8 Å². The Morgan fingerprint density at radius 1 is 1.35 bits per heavy atom. The molecule has 1 fully saturated rings. The minimum atomic E-state index is 0.737. The standard InChI is InChI=1S/C14H28N6/c1-4-19(5-2)14-6-7-18(12-14)8-9-20-11-13(10-15-3)16-17-20/h11,14-15H,4-10,12H2,1-3H3. The van der Waals surface area contributed by atoms with Crippen LogP contribution in [0, 0.1) is 0 Å². The van der Waals surface area contributed by atoms with Gasteiger partial charge in [-0.3, -0.25) is 14.5 Å². The van der Waals surface area contributed by atoms with Crippen LogP contribution >= 0.6 is 0 Å². The maximum atomic E-state index is 4.17. The second-order valence-corrected chi connectivity index (χ2v) is 5.47. The molecule has 1 aromatic heterocycles. The second-order valence-electron chi connectivity index (χ2n) is 5.47.